The Morgan fingerprint density at radius 2 is 1.11 bits per heavy atom. The van der Waals surface area contributed by atoms with E-state index in [1.807, 2.05) is 12.3 Å². The molecule has 1 aromatic heterocycles. The number of hydrogen-bond acceptors (Lipinski definition) is 1. The van der Waals surface area contributed by atoms with Gasteiger partial charge < -0.3 is 0 Å². The summed E-state index contributed by atoms with van der Waals surface area (Å²) in [4.78, 5) is 4.85. The molecule has 4 aromatic rings. The summed E-state index contributed by atoms with van der Waals surface area (Å²) in [5.74, 6) is 0. The number of rotatable bonds is 6. The lowest BCUT2D eigenvalue weighted by atomic mass is 9.96. The molecule has 0 saturated carbocycles. The molecule has 0 unspecified atom stereocenters. The molecule has 0 amide bonds. The van der Waals surface area contributed by atoms with Gasteiger partial charge in [0.25, 0.3) is 0 Å². The molecule has 0 atom stereocenters. The van der Waals surface area contributed by atoms with E-state index in [-0.39, 0.29) is 0 Å². The van der Waals surface area contributed by atoms with E-state index in [2.05, 4.69) is 91.0 Å². The average molecular weight is 349 g/mol. The number of nitrogens with zero attached hydrogens (tertiary/aromatic N) is 1. The van der Waals surface area contributed by atoms with Gasteiger partial charge in [0.05, 0.1) is 5.69 Å². The molecule has 0 N–H and O–H groups in total. The van der Waals surface area contributed by atoms with Crippen molar-refractivity contribution in [3.63, 3.8) is 0 Å². The zero-order valence-electron chi connectivity index (χ0n) is 15.4. The molecular formula is C26H23N. The summed E-state index contributed by atoms with van der Waals surface area (Å²) in [5.41, 5.74) is 7.33. The van der Waals surface area contributed by atoms with E-state index < -0.39 is 0 Å². The van der Waals surface area contributed by atoms with Gasteiger partial charge in [0.2, 0.25) is 0 Å². The lowest BCUT2D eigenvalue weighted by molar-refractivity contribution is 0.817. The maximum atomic E-state index is 4.85. The van der Waals surface area contributed by atoms with Crippen LogP contribution >= 0.6 is 0 Å². The summed E-state index contributed by atoms with van der Waals surface area (Å²) in [6.45, 7) is 0. The van der Waals surface area contributed by atoms with Crippen molar-refractivity contribution in [2.45, 2.75) is 19.3 Å². The summed E-state index contributed by atoms with van der Waals surface area (Å²) in [7, 11) is 0. The molecule has 0 spiro atoms. The van der Waals surface area contributed by atoms with Gasteiger partial charge >= 0.3 is 0 Å². The summed E-state index contributed by atoms with van der Waals surface area (Å²) in [6.07, 6.45) is 5.31. The zero-order chi connectivity index (χ0) is 18.3. The Labute approximate surface area is 161 Å². The first-order chi connectivity index (χ1) is 13.4. The van der Waals surface area contributed by atoms with E-state index >= 15 is 0 Å². The van der Waals surface area contributed by atoms with Crippen molar-refractivity contribution < 1.29 is 0 Å². The molecular weight excluding hydrogens is 326 g/mol. The van der Waals surface area contributed by atoms with Crippen LogP contribution < -0.4 is 0 Å². The molecule has 132 valence electrons. The first-order valence-corrected chi connectivity index (χ1v) is 9.54. The second-order valence-corrected chi connectivity index (χ2v) is 6.81. The molecule has 0 aliphatic carbocycles. The van der Waals surface area contributed by atoms with Crippen molar-refractivity contribution >= 4 is 0 Å². The van der Waals surface area contributed by atoms with Crippen molar-refractivity contribution in [1.82, 2.24) is 4.98 Å². The lowest BCUT2D eigenvalue weighted by Gasteiger charge is -2.12. The van der Waals surface area contributed by atoms with Crippen molar-refractivity contribution in [3.05, 3.63) is 114 Å². The third kappa shape index (κ3) is 4.32. The molecule has 4 rings (SSSR count). The van der Waals surface area contributed by atoms with E-state index in [0.717, 1.165) is 30.5 Å². The van der Waals surface area contributed by atoms with Crippen LogP contribution in [0.25, 0.3) is 22.4 Å². The van der Waals surface area contributed by atoms with Gasteiger partial charge in [-0.05, 0) is 42.0 Å². The van der Waals surface area contributed by atoms with Gasteiger partial charge in [-0.3, -0.25) is 4.98 Å². The first-order valence-electron chi connectivity index (χ1n) is 9.54. The Kier molecular flexibility index (Phi) is 5.40. The fourth-order valence-corrected chi connectivity index (χ4v) is 3.45. The third-order valence-corrected chi connectivity index (χ3v) is 4.85. The minimum Gasteiger partial charge on any atom is -0.255 e. The second kappa shape index (κ2) is 8.46. The molecule has 1 nitrogen and oxygen atoms in total. The van der Waals surface area contributed by atoms with Gasteiger partial charge in [-0.1, -0.05) is 91.0 Å². The number of hydrogen-bond donors (Lipinski definition) is 0. The largest absolute Gasteiger partial charge is 0.255 e. The van der Waals surface area contributed by atoms with Crippen molar-refractivity contribution in [2.75, 3.05) is 0 Å². The Bertz CT molecular complexity index is 976. The van der Waals surface area contributed by atoms with Crippen LogP contribution in [0.15, 0.2) is 103 Å². The minimum absolute atomic E-state index is 1.04. The normalized spacial score (nSPS) is 10.7. The van der Waals surface area contributed by atoms with E-state index in [9.17, 15) is 0 Å². The number of aryl methyl sites for hydroxylation is 2. The van der Waals surface area contributed by atoms with Crippen LogP contribution in [0.5, 0.6) is 0 Å². The van der Waals surface area contributed by atoms with E-state index in [4.69, 9.17) is 4.98 Å². The van der Waals surface area contributed by atoms with Crippen LogP contribution in [-0.4, -0.2) is 4.98 Å². The second-order valence-electron chi connectivity index (χ2n) is 6.81. The summed E-state index contributed by atoms with van der Waals surface area (Å²) in [6, 6.07) is 34.0. The number of aromatic nitrogens is 1. The fraction of sp³-hybridized carbons (Fsp3) is 0.115. The van der Waals surface area contributed by atoms with Gasteiger partial charge in [0.15, 0.2) is 0 Å². The topological polar surface area (TPSA) is 12.9 Å². The van der Waals surface area contributed by atoms with Crippen LogP contribution in [0.4, 0.5) is 0 Å². The lowest BCUT2D eigenvalue weighted by Crippen LogP contribution is -1.95. The zero-order valence-corrected chi connectivity index (χ0v) is 15.4. The average Bonchev–Trinajstić information content (AvgIpc) is 2.76. The molecule has 1 heterocycles. The van der Waals surface area contributed by atoms with Gasteiger partial charge in [0, 0.05) is 17.3 Å². The molecule has 1 heteroatoms. The Hall–Kier alpha value is -3.19. The first kappa shape index (κ1) is 17.2. The fourth-order valence-electron chi connectivity index (χ4n) is 3.45. The molecule has 0 saturated heterocycles. The van der Waals surface area contributed by atoms with Crippen molar-refractivity contribution in [1.29, 1.82) is 0 Å². The molecule has 3 aromatic carbocycles. The monoisotopic (exact) mass is 349 g/mol. The predicted octanol–water partition coefficient (Wildman–Crippen LogP) is 6.59. The smallest absolute Gasteiger partial charge is 0.0780 e. The van der Waals surface area contributed by atoms with Gasteiger partial charge in [-0.2, -0.15) is 0 Å². The van der Waals surface area contributed by atoms with Crippen molar-refractivity contribution in [3.8, 4) is 22.4 Å². The summed E-state index contributed by atoms with van der Waals surface area (Å²) >= 11 is 0. The maximum absolute atomic E-state index is 4.85. The van der Waals surface area contributed by atoms with Crippen LogP contribution in [-0.2, 0) is 12.8 Å². The quantitative estimate of drug-likeness (QED) is 0.382. The van der Waals surface area contributed by atoms with Crippen LogP contribution in [0.2, 0.25) is 0 Å². The maximum Gasteiger partial charge on any atom is 0.0780 e. The highest BCUT2D eigenvalue weighted by Crippen LogP contribution is 2.31. The minimum atomic E-state index is 1.04. The number of pyridine rings is 1. The number of benzene rings is 3. The molecule has 0 aliphatic heterocycles. The van der Waals surface area contributed by atoms with Crippen molar-refractivity contribution in [2.24, 2.45) is 0 Å². The van der Waals surface area contributed by atoms with E-state index in [1.54, 1.807) is 0 Å². The van der Waals surface area contributed by atoms with Crippen LogP contribution in [0, 0.1) is 0 Å². The molecule has 0 bridgehead atoms. The van der Waals surface area contributed by atoms with E-state index in [0.29, 0.717) is 0 Å². The van der Waals surface area contributed by atoms with Crippen LogP contribution in [0.3, 0.4) is 0 Å². The third-order valence-electron chi connectivity index (χ3n) is 4.85. The highest BCUT2D eigenvalue weighted by atomic mass is 14.7. The SMILES string of the molecule is c1ccc(CCCc2cnc(-c3ccccc3)c(-c3ccccc3)c2)cc1. The molecule has 0 fully saturated rings. The predicted molar refractivity (Wildman–Crippen MR) is 114 cm³/mol. The molecule has 0 radical (unpaired) electrons. The van der Waals surface area contributed by atoms with E-state index in [1.165, 1.54) is 22.3 Å². The molecule has 27 heavy (non-hydrogen) atoms. The Morgan fingerprint density at radius 3 is 1.78 bits per heavy atom. The standard InChI is InChI=1S/C26H23N/c1-4-11-21(12-5-1)13-10-14-22-19-25(23-15-6-2-7-16-23)26(27-20-22)24-17-8-3-9-18-24/h1-9,11-12,15-20H,10,13-14H2. The molecule has 0 aliphatic rings. The highest BCUT2D eigenvalue weighted by molar-refractivity contribution is 5.80. The highest BCUT2D eigenvalue weighted by Gasteiger charge is 2.10. The summed E-state index contributed by atoms with van der Waals surface area (Å²) in [5, 5.41) is 0. The van der Waals surface area contributed by atoms with Gasteiger partial charge in [0.1, 0.15) is 0 Å². The van der Waals surface area contributed by atoms with Gasteiger partial charge in [-0.25, -0.2) is 0 Å². The van der Waals surface area contributed by atoms with Crippen LogP contribution in [0.1, 0.15) is 17.5 Å². The Balaban J connectivity index is 1.61. The summed E-state index contributed by atoms with van der Waals surface area (Å²) < 4.78 is 0. The van der Waals surface area contributed by atoms with Gasteiger partial charge in [-0.15, -0.1) is 0 Å². The Morgan fingerprint density at radius 1 is 0.556 bits per heavy atom.